The standard InChI is InChI=1S/C14H20N6OS/c1-10-17-11(9-12(18-10)20(2)3)15-6-7-16-14(21)19-13-5-4-8-22-13/h4-5,8-9H,6-7H2,1-3H3,(H,15,17,18)(H2,16,19,21). The lowest BCUT2D eigenvalue weighted by Gasteiger charge is -2.14. The monoisotopic (exact) mass is 320 g/mol. The molecule has 0 saturated heterocycles. The number of aryl methyl sites for hydroxylation is 1. The Kier molecular flexibility index (Phi) is 5.54. The molecule has 8 heteroatoms. The molecule has 22 heavy (non-hydrogen) atoms. The van der Waals surface area contributed by atoms with E-state index in [9.17, 15) is 4.79 Å². The molecule has 0 spiro atoms. The lowest BCUT2D eigenvalue weighted by Crippen LogP contribution is -2.32. The van der Waals surface area contributed by atoms with E-state index in [1.54, 1.807) is 0 Å². The molecule has 0 radical (unpaired) electrons. The fraction of sp³-hybridized carbons (Fsp3) is 0.357. The quantitative estimate of drug-likeness (QED) is 0.711. The normalized spacial score (nSPS) is 10.1. The molecule has 2 heterocycles. The number of rotatable bonds is 6. The number of carbonyl (C=O) groups is 1. The van der Waals surface area contributed by atoms with Gasteiger partial charge in [-0.25, -0.2) is 14.8 Å². The lowest BCUT2D eigenvalue weighted by atomic mass is 10.4. The Morgan fingerprint density at radius 3 is 2.82 bits per heavy atom. The Labute approximate surface area is 133 Å². The van der Waals surface area contributed by atoms with Crippen LogP contribution in [0.15, 0.2) is 23.6 Å². The molecule has 0 aliphatic rings. The number of aromatic nitrogens is 2. The molecule has 3 N–H and O–H groups in total. The second kappa shape index (κ2) is 7.60. The van der Waals surface area contributed by atoms with Gasteiger partial charge >= 0.3 is 6.03 Å². The highest BCUT2D eigenvalue weighted by Crippen LogP contribution is 2.14. The van der Waals surface area contributed by atoms with Crippen molar-refractivity contribution in [1.82, 2.24) is 15.3 Å². The number of anilines is 3. The number of amides is 2. The van der Waals surface area contributed by atoms with Crippen LogP contribution < -0.4 is 20.9 Å². The maximum atomic E-state index is 11.6. The predicted octanol–water partition coefficient (Wildman–Crippen LogP) is 2.15. The number of thiophene rings is 1. The zero-order chi connectivity index (χ0) is 15.9. The van der Waals surface area contributed by atoms with Gasteiger partial charge in [-0.05, 0) is 24.4 Å². The van der Waals surface area contributed by atoms with E-state index < -0.39 is 0 Å². The Morgan fingerprint density at radius 2 is 2.14 bits per heavy atom. The van der Waals surface area contributed by atoms with Gasteiger partial charge in [0.25, 0.3) is 0 Å². The molecule has 0 saturated carbocycles. The number of nitrogens with one attached hydrogen (secondary N) is 3. The minimum Gasteiger partial charge on any atom is -0.368 e. The molecule has 2 aromatic heterocycles. The summed E-state index contributed by atoms with van der Waals surface area (Å²) in [5.74, 6) is 2.30. The molecule has 2 amide bonds. The molecule has 0 fully saturated rings. The van der Waals surface area contributed by atoms with E-state index in [2.05, 4.69) is 25.9 Å². The fourth-order valence-corrected chi connectivity index (χ4v) is 2.36. The van der Waals surface area contributed by atoms with Gasteiger partial charge in [-0.1, -0.05) is 0 Å². The maximum absolute atomic E-state index is 11.6. The van der Waals surface area contributed by atoms with E-state index in [4.69, 9.17) is 0 Å². The number of carbonyl (C=O) groups excluding carboxylic acids is 1. The van der Waals surface area contributed by atoms with Gasteiger partial charge in [-0.15, -0.1) is 11.3 Å². The summed E-state index contributed by atoms with van der Waals surface area (Å²) in [6.45, 7) is 2.93. The molecule has 0 aliphatic heterocycles. The summed E-state index contributed by atoms with van der Waals surface area (Å²) >= 11 is 1.48. The zero-order valence-corrected chi connectivity index (χ0v) is 13.7. The minimum atomic E-state index is -0.211. The SMILES string of the molecule is Cc1nc(NCCNC(=O)Nc2cccs2)cc(N(C)C)n1. The van der Waals surface area contributed by atoms with E-state index in [0.717, 1.165) is 16.6 Å². The highest BCUT2D eigenvalue weighted by atomic mass is 32.1. The second-order valence-electron chi connectivity index (χ2n) is 4.84. The van der Waals surface area contributed by atoms with Crippen molar-refractivity contribution in [2.24, 2.45) is 0 Å². The van der Waals surface area contributed by atoms with Gasteiger partial charge in [-0.3, -0.25) is 5.32 Å². The zero-order valence-electron chi connectivity index (χ0n) is 12.9. The van der Waals surface area contributed by atoms with Gasteiger partial charge in [0.05, 0.1) is 5.00 Å². The van der Waals surface area contributed by atoms with Gasteiger partial charge in [0.2, 0.25) is 0 Å². The summed E-state index contributed by atoms with van der Waals surface area (Å²) < 4.78 is 0. The van der Waals surface area contributed by atoms with Crippen LogP contribution in [0.3, 0.4) is 0 Å². The Hall–Kier alpha value is -2.35. The highest BCUT2D eigenvalue weighted by molar-refractivity contribution is 7.14. The van der Waals surface area contributed by atoms with Gasteiger partial charge in [0, 0.05) is 33.3 Å². The summed E-state index contributed by atoms with van der Waals surface area (Å²) in [5.41, 5.74) is 0. The van der Waals surface area contributed by atoms with Crippen LogP contribution in [0.1, 0.15) is 5.82 Å². The fourth-order valence-electron chi connectivity index (χ4n) is 1.74. The molecule has 0 aromatic carbocycles. The lowest BCUT2D eigenvalue weighted by molar-refractivity contribution is 0.252. The molecule has 2 aromatic rings. The van der Waals surface area contributed by atoms with Gasteiger partial charge in [0.1, 0.15) is 17.5 Å². The van der Waals surface area contributed by atoms with E-state index >= 15 is 0 Å². The van der Waals surface area contributed by atoms with Crippen LogP contribution in [-0.2, 0) is 0 Å². The second-order valence-corrected chi connectivity index (χ2v) is 5.79. The van der Waals surface area contributed by atoms with Crippen LogP contribution in [0.25, 0.3) is 0 Å². The number of hydrogen-bond acceptors (Lipinski definition) is 6. The summed E-state index contributed by atoms with van der Waals surface area (Å²) in [5, 5.41) is 11.5. The van der Waals surface area contributed by atoms with E-state index in [1.807, 2.05) is 49.5 Å². The number of urea groups is 1. The van der Waals surface area contributed by atoms with Crippen LogP contribution in [-0.4, -0.2) is 43.2 Å². The van der Waals surface area contributed by atoms with Gasteiger partial charge in [-0.2, -0.15) is 0 Å². The van der Waals surface area contributed by atoms with Gasteiger partial charge < -0.3 is 15.5 Å². The van der Waals surface area contributed by atoms with Crippen molar-refractivity contribution in [1.29, 1.82) is 0 Å². The summed E-state index contributed by atoms with van der Waals surface area (Å²) in [7, 11) is 3.87. The van der Waals surface area contributed by atoms with Crippen molar-refractivity contribution in [3.05, 3.63) is 29.4 Å². The largest absolute Gasteiger partial charge is 0.368 e. The van der Waals surface area contributed by atoms with Crippen LogP contribution in [0, 0.1) is 6.92 Å². The van der Waals surface area contributed by atoms with Crippen molar-refractivity contribution in [2.75, 3.05) is 42.7 Å². The first-order chi connectivity index (χ1) is 10.5. The maximum Gasteiger partial charge on any atom is 0.319 e. The van der Waals surface area contributed by atoms with Crippen molar-refractivity contribution in [3.63, 3.8) is 0 Å². The molecular weight excluding hydrogens is 300 g/mol. The molecular formula is C14H20N6OS. The van der Waals surface area contributed by atoms with Crippen LogP contribution in [0.4, 0.5) is 21.4 Å². The van der Waals surface area contributed by atoms with Crippen LogP contribution in [0.2, 0.25) is 0 Å². The molecule has 2 rings (SSSR count). The van der Waals surface area contributed by atoms with Crippen LogP contribution in [0.5, 0.6) is 0 Å². The molecule has 7 nitrogen and oxygen atoms in total. The number of hydrogen-bond donors (Lipinski definition) is 3. The van der Waals surface area contributed by atoms with Crippen molar-refractivity contribution < 1.29 is 4.79 Å². The topological polar surface area (TPSA) is 82.2 Å². The Balaban J connectivity index is 1.75. The highest BCUT2D eigenvalue weighted by Gasteiger charge is 2.04. The Morgan fingerprint density at radius 1 is 1.32 bits per heavy atom. The summed E-state index contributed by atoms with van der Waals surface area (Å²) in [4.78, 5) is 22.2. The van der Waals surface area contributed by atoms with Gasteiger partial charge in [0.15, 0.2) is 0 Å². The average molecular weight is 320 g/mol. The average Bonchev–Trinajstić information content (AvgIpc) is 2.96. The van der Waals surface area contributed by atoms with E-state index in [1.165, 1.54) is 11.3 Å². The first-order valence-corrected chi connectivity index (χ1v) is 7.78. The van der Waals surface area contributed by atoms with E-state index in [-0.39, 0.29) is 6.03 Å². The Bertz CT molecular complexity index is 614. The molecule has 0 bridgehead atoms. The molecule has 0 aliphatic carbocycles. The third-order valence-corrected chi connectivity index (χ3v) is 3.54. The van der Waals surface area contributed by atoms with Crippen molar-refractivity contribution in [3.8, 4) is 0 Å². The first-order valence-electron chi connectivity index (χ1n) is 6.90. The third kappa shape index (κ3) is 4.88. The third-order valence-electron chi connectivity index (χ3n) is 2.76. The summed E-state index contributed by atoms with van der Waals surface area (Å²) in [6.07, 6.45) is 0. The van der Waals surface area contributed by atoms with Crippen molar-refractivity contribution >= 4 is 34.0 Å². The smallest absolute Gasteiger partial charge is 0.319 e. The first kappa shape index (κ1) is 16.0. The van der Waals surface area contributed by atoms with Crippen molar-refractivity contribution in [2.45, 2.75) is 6.92 Å². The molecule has 118 valence electrons. The molecule has 0 atom stereocenters. The van der Waals surface area contributed by atoms with Crippen LogP contribution >= 0.6 is 11.3 Å². The number of nitrogens with zero attached hydrogens (tertiary/aromatic N) is 3. The minimum absolute atomic E-state index is 0.211. The summed E-state index contributed by atoms with van der Waals surface area (Å²) in [6, 6.07) is 5.41. The van der Waals surface area contributed by atoms with E-state index in [0.29, 0.717) is 18.9 Å². The predicted molar refractivity (Wildman–Crippen MR) is 90.9 cm³/mol. The molecule has 0 unspecified atom stereocenters.